The van der Waals surface area contributed by atoms with Gasteiger partial charge in [-0.25, -0.2) is 9.97 Å². The Labute approximate surface area is 215 Å². The molecule has 4 aromatic rings. The molecular formula is C25H28N6O3S2. The van der Waals surface area contributed by atoms with Crippen molar-refractivity contribution in [2.24, 2.45) is 5.92 Å². The second-order valence-corrected chi connectivity index (χ2v) is 11.7. The number of thiazole rings is 1. The molecule has 4 heterocycles. The van der Waals surface area contributed by atoms with Crippen molar-refractivity contribution >= 4 is 60.5 Å². The van der Waals surface area contributed by atoms with Crippen LogP contribution in [0.4, 0.5) is 11.5 Å². The van der Waals surface area contributed by atoms with Crippen LogP contribution >= 0.6 is 22.7 Å². The molecule has 188 valence electrons. The number of aromatic nitrogens is 3. The third-order valence-electron chi connectivity index (χ3n) is 7.43. The first-order valence-electron chi connectivity index (χ1n) is 12.2. The zero-order chi connectivity index (χ0) is 24.8. The number of thiophene rings is 1. The van der Waals surface area contributed by atoms with Crippen molar-refractivity contribution in [3.63, 3.8) is 0 Å². The number of H-pyrrole nitrogens is 1. The van der Waals surface area contributed by atoms with Crippen LogP contribution in [0, 0.1) is 5.92 Å². The fraction of sp³-hybridized carbons (Fsp3) is 0.440. The molecule has 0 saturated carbocycles. The highest BCUT2D eigenvalue weighted by atomic mass is 32.1. The lowest BCUT2D eigenvalue weighted by molar-refractivity contribution is -0.138. The summed E-state index contributed by atoms with van der Waals surface area (Å²) in [4.78, 5) is 43.4. The number of benzene rings is 1. The van der Waals surface area contributed by atoms with Crippen LogP contribution in [-0.2, 0) is 17.6 Å². The van der Waals surface area contributed by atoms with Crippen LogP contribution in [-0.4, -0.2) is 75.1 Å². The number of rotatable bonds is 5. The number of hydrogen-bond donors (Lipinski definition) is 3. The number of anilines is 2. The number of carbonyl (C=O) groups is 1. The van der Waals surface area contributed by atoms with Gasteiger partial charge in [-0.3, -0.25) is 14.5 Å². The van der Waals surface area contributed by atoms with Gasteiger partial charge in [0.25, 0.3) is 0 Å². The van der Waals surface area contributed by atoms with E-state index in [4.69, 9.17) is 0 Å². The molecule has 0 bridgehead atoms. The van der Waals surface area contributed by atoms with Gasteiger partial charge in [0, 0.05) is 48.8 Å². The van der Waals surface area contributed by atoms with Crippen molar-refractivity contribution in [3.8, 4) is 0 Å². The number of aromatic amines is 1. The molecule has 0 spiro atoms. The highest BCUT2D eigenvalue weighted by Gasteiger charge is 2.34. The number of carbonyl (C=O) groups excluding carboxylic acids is 1. The number of aliphatic hydroxyl groups excluding tert-OH is 1. The Morgan fingerprint density at radius 3 is 3.03 bits per heavy atom. The molecule has 36 heavy (non-hydrogen) atoms. The number of hydrogen-bond acceptors (Lipinski definition) is 9. The number of aryl methyl sites for hydroxylation is 1. The van der Waals surface area contributed by atoms with Gasteiger partial charge < -0.3 is 20.3 Å². The quantitative estimate of drug-likeness (QED) is 0.368. The standard InChI is InChI=1S/C25H28N6O3S2/c1-30-7-8-31(12-16(30)6-9-32)24(33)14-2-4-17-19(10-14)35-23-21(17)22(26-13-27-23)28-15-3-5-18-20(11-15)36-25(34)29-18/h3,5,11,13-14,16,32H,2,4,6-10,12H2,1H3,(H,29,34)(H,26,27,28)/t14-,16?/m1/s1. The molecule has 2 aliphatic rings. The molecule has 1 saturated heterocycles. The van der Waals surface area contributed by atoms with E-state index >= 15 is 0 Å². The van der Waals surface area contributed by atoms with Crippen LogP contribution in [0.1, 0.15) is 23.3 Å². The normalized spacial score (nSPS) is 20.7. The van der Waals surface area contributed by atoms with Crippen molar-refractivity contribution < 1.29 is 9.90 Å². The van der Waals surface area contributed by atoms with Gasteiger partial charge in [-0.1, -0.05) is 11.3 Å². The van der Waals surface area contributed by atoms with Crippen molar-refractivity contribution in [1.82, 2.24) is 24.8 Å². The highest BCUT2D eigenvalue weighted by Crippen LogP contribution is 2.41. The summed E-state index contributed by atoms with van der Waals surface area (Å²) in [7, 11) is 2.07. The Hall–Kier alpha value is -2.86. The predicted molar refractivity (Wildman–Crippen MR) is 143 cm³/mol. The highest BCUT2D eigenvalue weighted by molar-refractivity contribution is 7.19. The molecule has 3 N–H and O–H groups in total. The Kier molecular flexibility index (Phi) is 6.24. The van der Waals surface area contributed by atoms with Gasteiger partial charge in [-0.05, 0) is 56.5 Å². The van der Waals surface area contributed by atoms with Gasteiger partial charge in [-0.15, -0.1) is 11.3 Å². The molecule has 1 aliphatic heterocycles. The largest absolute Gasteiger partial charge is 0.396 e. The summed E-state index contributed by atoms with van der Waals surface area (Å²) in [6, 6.07) is 6.01. The van der Waals surface area contributed by atoms with Crippen LogP contribution < -0.4 is 10.2 Å². The predicted octanol–water partition coefficient (Wildman–Crippen LogP) is 2.97. The molecule has 3 aromatic heterocycles. The zero-order valence-electron chi connectivity index (χ0n) is 20.0. The SMILES string of the molecule is CN1CCN(C(=O)[C@@H]2CCc3c(sc4ncnc(Nc5ccc6[nH]c(=O)sc6c5)c34)C2)CC1CCO. The van der Waals surface area contributed by atoms with E-state index < -0.39 is 0 Å². The number of nitrogens with zero attached hydrogens (tertiary/aromatic N) is 4. The number of piperazine rings is 1. The van der Waals surface area contributed by atoms with E-state index in [0.717, 1.165) is 64.3 Å². The topological polar surface area (TPSA) is 114 Å². The third-order valence-corrected chi connectivity index (χ3v) is 9.44. The minimum Gasteiger partial charge on any atom is -0.396 e. The average Bonchev–Trinajstić information content (AvgIpc) is 3.44. The molecule has 0 radical (unpaired) electrons. The molecule has 1 unspecified atom stereocenters. The van der Waals surface area contributed by atoms with Gasteiger partial charge in [0.1, 0.15) is 17.0 Å². The lowest BCUT2D eigenvalue weighted by atomic mass is 9.86. The maximum Gasteiger partial charge on any atom is 0.305 e. The van der Waals surface area contributed by atoms with E-state index in [-0.39, 0.29) is 29.3 Å². The fourth-order valence-corrected chi connectivity index (χ4v) is 7.48. The average molecular weight is 525 g/mol. The number of likely N-dealkylation sites (N-methyl/N-ethyl adjacent to an activating group) is 1. The summed E-state index contributed by atoms with van der Waals surface area (Å²) in [5, 5.41) is 13.9. The second-order valence-electron chi connectivity index (χ2n) is 9.63. The van der Waals surface area contributed by atoms with E-state index in [9.17, 15) is 14.7 Å². The first-order valence-corrected chi connectivity index (χ1v) is 13.9. The maximum atomic E-state index is 13.4. The van der Waals surface area contributed by atoms with Crippen molar-refractivity contribution in [3.05, 3.63) is 44.6 Å². The molecule has 1 amide bonds. The van der Waals surface area contributed by atoms with Crippen molar-refractivity contribution in [1.29, 1.82) is 0 Å². The van der Waals surface area contributed by atoms with Gasteiger partial charge in [0.15, 0.2) is 0 Å². The number of amides is 1. The molecule has 6 rings (SSSR count). The van der Waals surface area contributed by atoms with Crippen LogP contribution in [0.25, 0.3) is 20.4 Å². The Balaban J connectivity index is 1.24. The van der Waals surface area contributed by atoms with Crippen LogP contribution in [0.3, 0.4) is 0 Å². The second kappa shape index (κ2) is 9.55. The molecule has 1 aromatic carbocycles. The van der Waals surface area contributed by atoms with Gasteiger partial charge in [0.2, 0.25) is 5.91 Å². The van der Waals surface area contributed by atoms with Crippen LogP contribution in [0.5, 0.6) is 0 Å². The van der Waals surface area contributed by atoms with Crippen LogP contribution in [0.2, 0.25) is 0 Å². The molecule has 1 fully saturated rings. The van der Waals surface area contributed by atoms with E-state index in [2.05, 4.69) is 32.2 Å². The number of aliphatic hydroxyl groups is 1. The summed E-state index contributed by atoms with van der Waals surface area (Å²) < 4.78 is 0.897. The molecule has 11 heteroatoms. The lowest BCUT2D eigenvalue weighted by Crippen LogP contribution is -2.55. The molecule has 2 atom stereocenters. The van der Waals surface area contributed by atoms with E-state index in [1.807, 2.05) is 23.1 Å². The number of nitrogens with one attached hydrogen (secondary N) is 2. The van der Waals surface area contributed by atoms with E-state index in [0.29, 0.717) is 13.0 Å². The first-order chi connectivity index (χ1) is 17.5. The maximum absolute atomic E-state index is 13.4. The Bertz CT molecular complexity index is 1490. The zero-order valence-corrected chi connectivity index (χ0v) is 21.6. The molecule has 1 aliphatic carbocycles. The van der Waals surface area contributed by atoms with Crippen molar-refractivity contribution in [2.45, 2.75) is 31.7 Å². The van der Waals surface area contributed by atoms with Gasteiger partial charge >= 0.3 is 4.87 Å². The number of fused-ring (bicyclic) bond motifs is 4. The fourth-order valence-electron chi connectivity index (χ4n) is 5.44. The summed E-state index contributed by atoms with van der Waals surface area (Å²) in [6.07, 6.45) is 4.63. The van der Waals surface area contributed by atoms with Gasteiger partial charge in [-0.2, -0.15) is 0 Å². The minimum atomic E-state index is -0.0666. The Morgan fingerprint density at radius 1 is 1.28 bits per heavy atom. The van der Waals surface area contributed by atoms with Gasteiger partial charge in [0.05, 0.1) is 15.6 Å². The smallest absolute Gasteiger partial charge is 0.305 e. The minimum absolute atomic E-state index is 0.0214. The molecular weight excluding hydrogens is 496 g/mol. The van der Waals surface area contributed by atoms with Crippen LogP contribution in [0.15, 0.2) is 29.3 Å². The van der Waals surface area contributed by atoms with Crippen molar-refractivity contribution in [2.75, 3.05) is 38.6 Å². The lowest BCUT2D eigenvalue weighted by Gasteiger charge is -2.41. The summed E-state index contributed by atoms with van der Waals surface area (Å²) in [5.41, 5.74) is 2.94. The molecule has 9 nitrogen and oxygen atoms in total. The summed E-state index contributed by atoms with van der Waals surface area (Å²) in [5.74, 6) is 0.972. The van der Waals surface area contributed by atoms with E-state index in [1.165, 1.54) is 21.8 Å². The monoisotopic (exact) mass is 524 g/mol. The summed E-state index contributed by atoms with van der Waals surface area (Å²) >= 11 is 2.85. The third kappa shape index (κ3) is 4.30. The van der Waals surface area contributed by atoms with E-state index in [1.54, 1.807) is 17.7 Å². The Morgan fingerprint density at radius 2 is 2.17 bits per heavy atom. The first kappa shape index (κ1) is 23.5. The summed E-state index contributed by atoms with van der Waals surface area (Å²) in [6.45, 7) is 2.41.